The molecule has 94 valence electrons. The van der Waals surface area contributed by atoms with Crippen molar-refractivity contribution in [3.8, 4) is 5.75 Å². The molecule has 0 heterocycles. The number of rotatable bonds is 7. The molecule has 0 fully saturated rings. The Hall–Kier alpha value is -1.78. The van der Waals surface area contributed by atoms with Crippen LogP contribution in [-0.4, -0.2) is 16.6 Å². The molecule has 1 aromatic carbocycles. The van der Waals surface area contributed by atoms with Gasteiger partial charge in [0.15, 0.2) is 0 Å². The lowest BCUT2D eigenvalue weighted by Gasteiger charge is -2.07. The first-order valence-corrected chi connectivity index (χ1v) is 5.86. The summed E-state index contributed by atoms with van der Waals surface area (Å²) in [5.74, 6) is -0.0896. The van der Waals surface area contributed by atoms with E-state index < -0.39 is 4.92 Å². The van der Waals surface area contributed by atoms with Crippen LogP contribution in [0.25, 0.3) is 0 Å². The molecule has 0 saturated carbocycles. The van der Waals surface area contributed by atoms with Crippen LogP contribution >= 0.6 is 0 Å². The average Bonchev–Trinajstić information content (AvgIpc) is 2.30. The second-order valence-corrected chi connectivity index (χ2v) is 3.95. The van der Waals surface area contributed by atoms with Crippen LogP contribution in [0.15, 0.2) is 18.2 Å². The Bertz CT molecular complexity index is 380. The van der Waals surface area contributed by atoms with Crippen LogP contribution in [0.5, 0.6) is 5.75 Å². The molecule has 0 aromatic heterocycles. The molecule has 0 spiro atoms. The summed E-state index contributed by atoms with van der Waals surface area (Å²) in [5.41, 5.74) is 0.379. The number of benzene rings is 1. The summed E-state index contributed by atoms with van der Waals surface area (Å²) in [6.45, 7) is 2.85. The molecule has 5 nitrogen and oxygen atoms in total. The summed E-state index contributed by atoms with van der Waals surface area (Å²) in [7, 11) is 0. The van der Waals surface area contributed by atoms with Crippen LogP contribution in [0, 0.1) is 10.1 Å². The lowest BCUT2D eigenvalue weighted by molar-refractivity contribution is -0.384. The molecule has 2 N–H and O–H groups in total. The number of unbranched alkanes of at least 4 members (excludes halogenated alkanes) is 3. The van der Waals surface area contributed by atoms with Gasteiger partial charge in [0.25, 0.3) is 5.69 Å². The van der Waals surface area contributed by atoms with Crippen LogP contribution in [0.3, 0.4) is 0 Å². The molecule has 1 rings (SSSR count). The van der Waals surface area contributed by atoms with Crippen LogP contribution in [-0.2, 0) is 0 Å². The number of nitro groups is 1. The molecule has 0 radical (unpaired) electrons. The second kappa shape index (κ2) is 6.73. The maximum Gasteiger partial charge on any atom is 0.296 e. The monoisotopic (exact) mass is 238 g/mol. The van der Waals surface area contributed by atoms with Crippen LogP contribution < -0.4 is 5.32 Å². The molecular weight excluding hydrogens is 220 g/mol. The molecule has 5 heteroatoms. The Kier molecular flexibility index (Phi) is 5.26. The number of aromatic hydroxyl groups is 1. The Morgan fingerprint density at radius 1 is 1.35 bits per heavy atom. The van der Waals surface area contributed by atoms with Gasteiger partial charge in [-0.3, -0.25) is 10.1 Å². The zero-order valence-corrected chi connectivity index (χ0v) is 9.98. The number of hydrogen-bond donors (Lipinski definition) is 2. The number of phenolic OH excluding ortho intramolecular Hbond substituents is 1. The number of anilines is 1. The first kappa shape index (κ1) is 13.3. The summed E-state index contributed by atoms with van der Waals surface area (Å²) in [4.78, 5) is 10.3. The standard InChI is InChI=1S/C12H18N2O3/c1-2-3-4-5-8-13-11-7-6-10(15)9-12(11)14(16)17/h6-7,9,13,15H,2-5,8H2,1H3. The predicted molar refractivity (Wildman–Crippen MR) is 67.4 cm³/mol. The Morgan fingerprint density at radius 3 is 2.76 bits per heavy atom. The number of nitrogens with zero attached hydrogens (tertiary/aromatic N) is 1. The van der Waals surface area contributed by atoms with Crippen molar-refractivity contribution >= 4 is 11.4 Å². The van der Waals surface area contributed by atoms with E-state index in [0.29, 0.717) is 12.2 Å². The van der Waals surface area contributed by atoms with E-state index >= 15 is 0 Å². The van der Waals surface area contributed by atoms with Gasteiger partial charge in [0.05, 0.1) is 11.0 Å². The van der Waals surface area contributed by atoms with Crippen molar-refractivity contribution < 1.29 is 10.0 Å². The van der Waals surface area contributed by atoms with Crippen molar-refractivity contribution in [2.75, 3.05) is 11.9 Å². The van der Waals surface area contributed by atoms with Gasteiger partial charge in [0, 0.05) is 6.54 Å². The van der Waals surface area contributed by atoms with E-state index in [1.807, 2.05) is 0 Å². The Morgan fingerprint density at radius 2 is 2.12 bits per heavy atom. The molecular formula is C12H18N2O3. The van der Waals surface area contributed by atoms with Crippen LogP contribution in [0.4, 0.5) is 11.4 Å². The van der Waals surface area contributed by atoms with Gasteiger partial charge in [-0.1, -0.05) is 26.2 Å². The minimum Gasteiger partial charge on any atom is -0.508 e. The maximum atomic E-state index is 10.8. The fraction of sp³-hybridized carbons (Fsp3) is 0.500. The van der Waals surface area contributed by atoms with Gasteiger partial charge in [0.2, 0.25) is 0 Å². The van der Waals surface area contributed by atoms with E-state index in [4.69, 9.17) is 0 Å². The van der Waals surface area contributed by atoms with E-state index in [0.717, 1.165) is 18.9 Å². The fourth-order valence-corrected chi connectivity index (χ4v) is 1.60. The lowest BCUT2D eigenvalue weighted by Crippen LogP contribution is -2.04. The third-order valence-electron chi connectivity index (χ3n) is 2.52. The van der Waals surface area contributed by atoms with Crippen LogP contribution in [0.2, 0.25) is 0 Å². The van der Waals surface area contributed by atoms with Crippen molar-refractivity contribution in [2.24, 2.45) is 0 Å². The van der Waals surface area contributed by atoms with E-state index in [1.54, 1.807) is 0 Å². The maximum absolute atomic E-state index is 10.8. The third-order valence-corrected chi connectivity index (χ3v) is 2.52. The molecule has 0 bridgehead atoms. The smallest absolute Gasteiger partial charge is 0.296 e. The lowest BCUT2D eigenvalue weighted by atomic mass is 10.2. The molecule has 0 saturated heterocycles. The van der Waals surface area contributed by atoms with Gasteiger partial charge in [-0.2, -0.15) is 0 Å². The summed E-state index contributed by atoms with van der Waals surface area (Å²) < 4.78 is 0. The fourth-order valence-electron chi connectivity index (χ4n) is 1.60. The van der Waals surface area contributed by atoms with Crippen molar-refractivity contribution in [2.45, 2.75) is 32.6 Å². The minimum absolute atomic E-state index is 0.0829. The summed E-state index contributed by atoms with van der Waals surface area (Å²) in [6, 6.07) is 4.14. The quantitative estimate of drug-likeness (QED) is 0.331. The first-order chi connectivity index (χ1) is 8.15. The van der Waals surface area contributed by atoms with Crippen molar-refractivity contribution in [3.05, 3.63) is 28.3 Å². The van der Waals surface area contributed by atoms with Gasteiger partial charge >= 0.3 is 0 Å². The van der Waals surface area contributed by atoms with Gasteiger partial charge < -0.3 is 10.4 Å². The molecule has 0 aliphatic carbocycles. The minimum atomic E-state index is -0.492. The molecule has 0 atom stereocenters. The van der Waals surface area contributed by atoms with Gasteiger partial charge in [-0.25, -0.2) is 0 Å². The van der Waals surface area contributed by atoms with Crippen molar-refractivity contribution in [3.63, 3.8) is 0 Å². The van der Waals surface area contributed by atoms with Crippen LogP contribution in [0.1, 0.15) is 32.6 Å². The third kappa shape index (κ3) is 4.30. The molecule has 17 heavy (non-hydrogen) atoms. The molecule has 1 aromatic rings. The number of nitro benzene ring substituents is 1. The van der Waals surface area contributed by atoms with Gasteiger partial charge in [-0.05, 0) is 18.6 Å². The molecule has 0 aliphatic rings. The van der Waals surface area contributed by atoms with E-state index in [9.17, 15) is 15.2 Å². The van der Waals surface area contributed by atoms with E-state index in [2.05, 4.69) is 12.2 Å². The second-order valence-electron chi connectivity index (χ2n) is 3.95. The van der Waals surface area contributed by atoms with E-state index in [1.165, 1.54) is 25.0 Å². The summed E-state index contributed by atoms with van der Waals surface area (Å²) >= 11 is 0. The Balaban J connectivity index is 2.55. The zero-order chi connectivity index (χ0) is 12.7. The molecule has 0 aliphatic heterocycles. The summed E-state index contributed by atoms with van der Waals surface area (Å²) in [5, 5.41) is 23.0. The highest BCUT2D eigenvalue weighted by Crippen LogP contribution is 2.28. The van der Waals surface area contributed by atoms with Gasteiger partial charge in [-0.15, -0.1) is 0 Å². The van der Waals surface area contributed by atoms with Crippen molar-refractivity contribution in [1.82, 2.24) is 0 Å². The molecule has 0 unspecified atom stereocenters. The topological polar surface area (TPSA) is 75.4 Å². The number of hydrogen-bond acceptors (Lipinski definition) is 4. The predicted octanol–water partition coefficient (Wildman–Crippen LogP) is 3.29. The normalized spacial score (nSPS) is 10.2. The number of nitrogens with one attached hydrogen (secondary N) is 1. The first-order valence-electron chi connectivity index (χ1n) is 5.86. The largest absolute Gasteiger partial charge is 0.508 e. The highest BCUT2D eigenvalue weighted by Gasteiger charge is 2.13. The average molecular weight is 238 g/mol. The number of phenols is 1. The molecule has 0 amide bonds. The van der Waals surface area contributed by atoms with Gasteiger partial charge in [0.1, 0.15) is 11.4 Å². The van der Waals surface area contributed by atoms with E-state index in [-0.39, 0.29) is 11.4 Å². The zero-order valence-electron chi connectivity index (χ0n) is 9.98. The Labute approximate surface area is 101 Å². The summed E-state index contributed by atoms with van der Waals surface area (Å²) in [6.07, 6.45) is 4.46. The van der Waals surface area contributed by atoms with Crippen molar-refractivity contribution in [1.29, 1.82) is 0 Å². The SMILES string of the molecule is CCCCCCNc1ccc(O)cc1[N+](=O)[O-]. The highest BCUT2D eigenvalue weighted by molar-refractivity contribution is 5.63. The highest BCUT2D eigenvalue weighted by atomic mass is 16.6.